The van der Waals surface area contributed by atoms with Gasteiger partial charge in [-0.1, -0.05) is 71.7 Å². The van der Waals surface area contributed by atoms with Crippen molar-refractivity contribution in [2.75, 3.05) is 23.7 Å². The highest BCUT2D eigenvalue weighted by Gasteiger charge is 2.19. The number of likely N-dealkylation sites (N-methyl/N-ethyl adjacent to an activating group) is 1. The Morgan fingerprint density at radius 1 is 0.914 bits per heavy atom. The summed E-state index contributed by atoms with van der Waals surface area (Å²) in [6.07, 6.45) is 0. The first kappa shape index (κ1) is 24.3. The lowest BCUT2D eigenvalue weighted by molar-refractivity contribution is -0.116. The Kier molecular flexibility index (Phi) is 7.70. The van der Waals surface area contributed by atoms with E-state index in [0.29, 0.717) is 33.8 Å². The number of para-hydroxylation sites is 1. The van der Waals surface area contributed by atoms with Gasteiger partial charge in [-0.25, -0.2) is 9.48 Å². The average Bonchev–Trinajstić information content (AvgIpc) is 3.29. The standard InChI is InChI=1S/C26H23Cl2N5O2/c1-2-32(26(35)29-22-14-13-19(27)15-21(22)28)17-25(34)30-24-16-23(18-9-5-3-6-10-18)31-33(24)20-11-7-4-8-12-20/h3-16H,2,17H2,1H3,(H,29,35)(H,30,34). The maximum absolute atomic E-state index is 13.0. The van der Waals surface area contributed by atoms with Crippen molar-refractivity contribution in [3.8, 4) is 16.9 Å². The van der Waals surface area contributed by atoms with Crippen molar-refractivity contribution in [2.24, 2.45) is 0 Å². The minimum atomic E-state index is -0.451. The van der Waals surface area contributed by atoms with Crippen molar-refractivity contribution in [2.45, 2.75) is 6.92 Å². The predicted octanol–water partition coefficient (Wildman–Crippen LogP) is 6.34. The second-order valence-electron chi connectivity index (χ2n) is 7.64. The molecule has 1 heterocycles. The highest BCUT2D eigenvalue weighted by molar-refractivity contribution is 6.36. The number of carbonyl (C=O) groups is 2. The fourth-order valence-electron chi connectivity index (χ4n) is 3.45. The number of urea groups is 1. The summed E-state index contributed by atoms with van der Waals surface area (Å²) in [6.45, 7) is 1.95. The lowest BCUT2D eigenvalue weighted by atomic mass is 10.1. The van der Waals surface area contributed by atoms with Gasteiger partial charge >= 0.3 is 6.03 Å². The van der Waals surface area contributed by atoms with E-state index in [1.807, 2.05) is 66.7 Å². The lowest BCUT2D eigenvalue weighted by Crippen LogP contribution is -2.40. The van der Waals surface area contributed by atoms with Crippen LogP contribution < -0.4 is 10.6 Å². The molecule has 7 nitrogen and oxygen atoms in total. The Bertz CT molecular complexity index is 1330. The van der Waals surface area contributed by atoms with Crippen molar-refractivity contribution in [3.63, 3.8) is 0 Å². The van der Waals surface area contributed by atoms with Gasteiger partial charge in [-0.3, -0.25) is 4.79 Å². The first-order chi connectivity index (χ1) is 16.9. The molecule has 178 valence electrons. The number of aromatic nitrogens is 2. The van der Waals surface area contributed by atoms with Crippen LogP contribution >= 0.6 is 23.2 Å². The number of rotatable bonds is 7. The van der Waals surface area contributed by atoms with E-state index >= 15 is 0 Å². The Morgan fingerprint density at radius 2 is 1.60 bits per heavy atom. The number of carbonyl (C=O) groups excluding carboxylic acids is 2. The second-order valence-corrected chi connectivity index (χ2v) is 8.49. The predicted molar refractivity (Wildman–Crippen MR) is 140 cm³/mol. The van der Waals surface area contributed by atoms with Crippen LogP contribution in [0.15, 0.2) is 84.9 Å². The van der Waals surface area contributed by atoms with Crippen LogP contribution in [0.25, 0.3) is 16.9 Å². The highest BCUT2D eigenvalue weighted by atomic mass is 35.5. The summed E-state index contributed by atoms with van der Waals surface area (Å²) in [7, 11) is 0. The average molecular weight is 508 g/mol. The molecule has 0 radical (unpaired) electrons. The Morgan fingerprint density at radius 3 is 2.26 bits per heavy atom. The van der Waals surface area contributed by atoms with Crippen LogP contribution in [-0.2, 0) is 4.79 Å². The summed E-state index contributed by atoms with van der Waals surface area (Å²) < 4.78 is 1.67. The van der Waals surface area contributed by atoms with Gasteiger partial charge in [-0.05, 0) is 37.3 Å². The monoisotopic (exact) mass is 507 g/mol. The largest absolute Gasteiger partial charge is 0.322 e. The minimum Gasteiger partial charge on any atom is -0.315 e. The number of anilines is 2. The number of benzene rings is 3. The fourth-order valence-corrected chi connectivity index (χ4v) is 3.91. The van der Waals surface area contributed by atoms with Crippen LogP contribution in [0, 0.1) is 0 Å². The van der Waals surface area contributed by atoms with Gasteiger partial charge in [0.2, 0.25) is 5.91 Å². The maximum atomic E-state index is 13.0. The van der Waals surface area contributed by atoms with E-state index in [0.717, 1.165) is 11.3 Å². The zero-order chi connectivity index (χ0) is 24.8. The fraction of sp³-hybridized carbons (Fsp3) is 0.115. The molecule has 1 aromatic heterocycles. The zero-order valence-electron chi connectivity index (χ0n) is 18.9. The molecule has 0 aliphatic rings. The van der Waals surface area contributed by atoms with Crippen molar-refractivity contribution in [1.82, 2.24) is 14.7 Å². The Hall–Kier alpha value is -3.81. The molecule has 4 aromatic rings. The molecule has 0 fully saturated rings. The molecule has 0 saturated heterocycles. The summed E-state index contributed by atoms with van der Waals surface area (Å²) in [4.78, 5) is 27.1. The number of amides is 3. The zero-order valence-corrected chi connectivity index (χ0v) is 20.4. The molecule has 3 amide bonds. The van der Waals surface area contributed by atoms with Gasteiger partial charge < -0.3 is 15.5 Å². The van der Waals surface area contributed by atoms with Gasteiger partial charge in [0.05, 0.1) is 22.1 Å². The van der Waals surface area contributed by atoms with Gasteiger partial charge in [-0.2, -0.15) is 5.10 Å². The van der Waals surface area contributed by atoms with E-state index in [1.54, 1.807) is 23.7 Å². The lowest BCUT2D eigenvalue weighted by Gasteiger charge is -2.21. The molecule has 0 aliphatic heterocycles. The molecule has 0 atom stereocenters. The summed E-state index contributed by atoms with van der Waals surface area (Å²) in [6, 6.07) is 25.3. The minimum absolute atomic E-state index is 0.159. The Labute approximate surface area is 213 Å². The van der Waals surface area contributed by atoms with Gasteiger partial charge in [0, 0.05) is 23.2 Å². The molecule has 0 bridgehead atoms. The third-order valence-corrected chi connectivity index (χ3v) is 5.77. The normalized spacial score (nSPS) is 10.6. The molecule has 4 rings (SSSR count). The molecular weight excluding hydrogens is 485 g/mol. The number of nitrogens with zero attached hydrogens (tertiary/aromatic N) is 3. The van der Waals surface area contributed by atoms with Crippen LogP contribution in [0.1, 0.15) is 6.92 Å². The van der Waals surface area contributed by atoms with E-state index in [4.69, 9.17) is 28.3 Å². The molecule has 0 saturated carbocycles. The molecule has 0 unspecified atom stereocenters. The van der Waals surface area contributed by atoms with E-state index in [1.165, 1.54) is 11.0 Å². The van der Waals surface area contributed by atoms with Gasteiger partial charge in [0.1, 0.15) is 12.4 Å². The molecule has 9 heteroatoms. The van der Waals surface area contributed by atoms with Gasteiger partial charge in [0.25, 0.3) is 0 Å². The first-order valence-electron chi connectivity index (χ1n) is 11.0. The first-order valence-corrected chi connectivity index (χ1v) is 11.7. The molecule has 2 N–H and O–H groups in total. The van der Waals surface area contributed by atoms with Crippen LogP contribution in [0.4, 0.5) is 16.3 Å². The third-order valence-electron chi connectivity index (χ3n) is 5.22. The molecule has 3 aromatic carbocycles. The van der Waals surface area contributed by atoms with Crippen LogP contribution in [-0.4, -0.2) is 39.7 Å². The SMILES string of the molecule is CCN(CC(=O)Nc1cc(-c2ccccc2)nn1-c1ccccc1)C(=O)Nc1ccc(Cl)cc1Cl. The van der Waals surface area contributed by atoms with E-state index < -0.39 is 6.03 Å². The third kappa shape index (κ3) is 6.01. The quantitative estimate of drug-likeness (QED) is 0.306. The Balaban J connectivity index is 1.52. The number of nitrogens with one attached hydrogen (secondary N) is 2. The molecule has 35 heavy (non-hydrogen) atoms. The number of hydrogen-bond donors (Lipinski definition) is 2. The van der Waals surface area contributed by atoms with E-state index in [-0.39, 0.29) is 12.5 Å². The summed E-state index contributed by atoms with van der Waals surface area (Å²) >= 11 is 12.1. The van der Waals surface area contributed by atoms with Crippen molar-refractivity contribution < 1.29 is 9.59 Å². The molecule has 0 aliphatic carbocycles. The maximum Gasteiger partial charge on any atom is 0.322 e. The van der Waals surface area contributed by atoms with Crippen LogP contribution in [0.2, 0.25) is 10.0 Å². The van der Waals surface area contributed by atoms with Crippen molar-refractivity contribution >= 4 is 46.6 Å². The van der Waals surface area contributed by atoms with Gasteiger partial charge in [-0.15, -0.1) is 0 Å². The molecule has 0 spiro atoms. The summed E-state index contributed by atoms with van der Waals surface area (Å²) in [5, 5.41) is 11.1. The topological polar surface area (TPSA) is 79.3 Å². The van der Waals surface area contributed by atoms with Gasteiger partial charge in [0.15, 0.2) is 0 Å². The van der Waals surface area contributed by atoms with E-state index in [2.05, 4.69) is 10.6 Å². The summed E-state index contributed by atoms with van der Waals surface area (Å²) in [5.41, 5.74) is 2.85. The van der Waals surface area contributed by atoms with Crippen LogP contribution in [0.3, 0.4) is 0 Å². The van der Waals surface area contributed by atoms with Crippen molar-refractivity contribution in [3.05, 3.63) is 95.0 Å². The number of hydrogen-bond acceptors (Lipinski definition) is 3. The van der Waals surface area contributed by atoms with Crippen LogP contribution in [0.5, 0.6) is 0 Å². The highest BCUT2D eigenvalue weighted by Crippen LogP contribution is 2.26. The number of halogens is 2. The van der Waals surface area contributed by atoms with Crippen molar-refractivity contribution in [1.29, 1.82) is 0 Å². The second kappa shape index (κ2) is 11.1. The van der Waals surface area contributed by atoms with E-state index in [9.17, 15) is 9.59 Å². The smallest absolute Gasteiger partial charge is 0.315 e. The molecular formula is C26H23Cl2N5O2. The summed E-state index contributed by atoms with van der Waals surface area (Å²) in [5.74, 6) is 0.137.